The van der Waals surface area contributed by atoms with Crippen LogP contribution in [0.5, 0.6) is 0 Å². The molecule has 16 heavy (non-hydrogen) atoms. The molecule has 0 atom stereocenters. The van der Waals surface area contributed by atoms with Crippen LogP contribution < -0.4 is 5.32 Å². The molecule has 1 N–H and O–H groups in total. The minimum Gasteiger partial charge on any atom is -0.317 e. The molecule has 0 saturated carbocycles. The number of hydrogen-bond donors (Lipinski definition) is 1. The standard InChI is InChI=1S/C12H21N3S/c1-2-7-15(8-11-9-16-10-14-11)12-3-5-13-6-4-12/h9-10,12-13H,2-8H2,1H3. The van der Waals surface area contributed by atoms with Gasteiger partial charge in [-0.2, -0.15) is 0 Å². The number of rotatable bonds is 5. The van der Waals surface area contributed by atoms with Gasteiger partial charge < -0.3 is 5.32 Å². The molecule has 1 fully saturated rings. The van der Waals surface area contributed by atoms with Gasteiger partial charge in [0.2, 0.25) is 0 Å². The van der Waals surface area contributed by atoms with Crippen LogP contribution in [-0.2, 0) is 6.54 Å². The Morgan fingerprint density at radius 1 is 1.50 bits per heavy atom. The number of hydrogen-bond acceptors (Lipinski definition) is 4. The van der Waals surface area contributed by atoms with Crippen LogP contribution in [0.1, 0.15) is 31.9 Å². The van der Waals surface area contributed by atoms with Crippen LogP contribution >= 0.6 is 11.3 Å². The van der Waals surface area contributed by atoms with Crippen molar-refractivity contribution < 1.29 is 0 Å². The largest absolute Gasteiger partial charge is 0.317 e. The molecule has 0 amide bonds. The van der Waals surface area contributed by atoms with Gasteiger partial charge in [-0.3, -0.25) is 4.90 Å². The van der Waals surface area contributed by atoms with Crippen molar-refractivity contribution in [2.75, 3.05) is 19.6 Å². The zero-order chi connectivity index (χ0) is 11.2. The van der Waals surface area contributed by atoms with Gasteiger partial charge in [0.1, 0.15) is 0 Å². The Hall–Kier alpha value is -0.450. The summed E-state index contributed by atoms with van der Waals surface area (Å²) in [5.41, 5.74) is 3.17. The first-order valence-electron chi connectivity index (χ1n) is 6.22. The van der Waals surface area contributed by atoms with E-state index >= 15 is 0 Å². The van der Waals surface area contributed by atoms with Crippen LogP contribution in [0.4, 0.5) is 0 Å². The van der Waals surface area contributed by atoms with Gasteiger partial charge in [-0.05, 0) is 38.9 Å². The maximum absolute atomic E-state index is 4.39. The summed E-state index contributed by atoms with van der Waals surface area (Å²) >= 11 is 1.70. The van der Waals surface area contributed by atoms with Gasteiger partial charge in [-0.1, -0.05) is 6.92 Å². The van der Waals surface area contributed by atoms with E-state index < -0.39 is 0 Å². The van der Waals surface area contributed by atoms with E-state index in [1.807, 2.05) is 5.51 Å². The van der Waals surface area contributed by atoms with E-state index in [0.717, 1.165) is 12.6 Å². The molecule has 4 heteroatoms. The van der Waals surface area contributed by atoms with Crippen LogP contribution in [0.15, 0.2) is 10.9 Å². The van der Waals surface area contributed by atoms with Crippen LogP contribution in [0.3, 0.4) is 0 Å². The first-order valence-corrected chi connectivity index (χ1v) is 7.16. The Bertz CT molecular complexity index is 280. The third-order valence-corrected chi connectivity index (χ3v) is 3.82. The normalized spacial score (nSPS) is 18.1. The summed E-state index contributed by atoms with van der Waals surface area (Å²) in [7, 11) is 0. The second kappa shape index (κ2) is 6.33. The summed E-state index contributed by atoms with van der Waals surface area (Å²) in [6.45, 7) is 6.82. The molecule has 0 spiro atoms. The summed E-state index contributed by atoms with van der Waals surface area (Å²) in [4.78, 5) is 7.00. The summed E-state index contributed by atoms with van der Waals surface area (Å²) in [6, 6.07) is 0.753. The lowest BCUT2D eigenvalue weighted by atomic mass is 10.0. The number of piperidine rings is 1. The lowest BCUT2D eigenvalue weighted by Crippen LogP contribution is -2.43. The number of thiazole rings is 1. The molecule has 0 aromatic carbocycles. The molecule has 90 valence electrons. The van der Waals surface area contributed by atoms with Crippen molar-refractivity contribution in [2.45, 2.75) is 38.8 Å². The Balaban J connectivity index is 1.92. The summed E-state index contributed by atoms with van der Waals surface area (Å²) < 4.78 is 0. The summed E-state index contributed by atoms with van der Waals surface area (Å²) in [6.07, 6.45) is 3.79. The fourth-order valence-corrected chi connectivity index (χ4v) is 2.92. The second-order valence-electron chi connectivity index (χ2n) is 4.43. The van der Waals surface area contributed by atoms with Gasteiger partial charge in [0.05, 0.1) is 11.2 Å². The predicted octanol–water partition coefficient (Wildman–Crippen LogP) is 2.11. The Kier molecular flexibility index (Phi) is 4.75. The van der Waals surface area contributed by atoms with Crippen molar-refractivity contribution in [2.24, 2.45) is 0 Å². The average Bonchev–Trinajstić information content (AvgIpc) is 2.83. The van der Waals surface area contributed by atoms with Crippen molar-refractivity contribution in [1.29, 1.82) is 0 Å². The molecule has 1 saturated heterocycles. The highest BCUT2D eigenvalue weighted by Crippen LogP contribution is 2.16. The smallest absolute Gasteiger partial charge is 0.0795 e. The van der Waals surface area contributed by atoms with Crippen LogP contribution in [-0.4, -0.2) is 35.6 Å². The third kappa shape index (κ3) is 3.27. The molecule has 0 unspecified atom stereocenters. The average molecular weight is 239 g/mol. The first kappa shape index (κ1) is 12.0. The maximum atomic E-state index is 4.39. The van der Waals surface area contributed by atoms with Crippen LogP contribution in [0.25, 0.3) is 0 Å². The molecule has 2 heterocycles. The number of aromatic nitrogens is 1. The second-order valence-corrected chi connectivity index (χ2v) is 5.15. The van der Waals surface area contributed by atoms with E-state index in [1.165, 1.54) is 44.6 Å². The first-order chi connectivity index (χ1) is 7.90. The van der Waals surface area contributed by atoms with Crippen molar-refractivity contribution in [3.63, 3.8) is 0 Å². The minimum atomic E-state index is 0.753. The monoisotopic (exact) mass is 239 g/mol. The lowest BCUT2D eigenvalue weighted by Gasteiger charge is -2.34. The number of nitrogens with zero attached hydrogens (tertiary/aromatic N) is 2. The van der Waals surface area contributed by atoms with Crippen molar-refractivity contribution in [1.82, 2.24) is 15.2 Å². The van der Waals surface area contributed by atoms with E-state index in [0.29, 0.717) is 0 Å². The van der Waals surface area contributed by atoms with E-state index in [4.69, 9.17) is 0 Å². The SMILES string of the molecule is CCCN(Cc1cscn1)C1CCNCC1. The maximum Gasteiger partial charge on any atom is 0.0795 e. The van der Waals surface area contributed by atoms with Gasteiger partial charge in [0, 0.05) is 18.0 Å². The Morgan fingerprint density at radius 3 is 2.94 bits per heavy atom. The quantitative estimate of drug-likeness (QED) is 0.853. The molecular weight excluding hydrogens is 218 g/mol. The van der Waals surface area contributed by atoms with E-state index in [2.05, 4.69) is 27.5 Å². The van der Waals surface area contributed by atoms with Gasteiger partial charge in [-0.15, -0.1) is 11.3 Å². The van der Waals surface area contributed by atoms with Crippen LogP contribution in [0.2, 0.25) is 0 Å². The molecule has 1 aromatic heterocycles. The van der Waals surface area contributed by atoms with Gasteiger partial charge in [-0.25, -0.2) is 4.98 Å². The zero-order valence-corrected chi connectivity index (χ0v) is 10.8. The van der Waals surface area contributed by atoms with E-state index in [9.17, 15) is 0 Å². The van der Waals surface area contributed by atoms with Gasteiger partial charge in [0.25, 0.3) is 0 Å². The minimum absolute atomic E-state index is 0.753. The molecule has 0 radical (unpaired) electrons. The Labute approximate surface area is 102 Å². The number of nitrogens with one attached hydrogen (secondary N) is 1. The highest BCUT2D eigenvalue weighted by atomic mass is 32.1. The molecule has 1 aromatic rings. The highest BCUT2D eigenvalue weighted by molar-refractivity contribution is 7.07. The fourth-order valence-electron chi connectivity index (χ4n) is 2.37. The van der Waals surface area contributed by atoms with Crippen molar-refractivity contribution in [3.8, 4) is 0 Å². The third-order valence-electron chi connectivity index (χ3n) is 3.18. The van der Waals surface area contributed by atoms with Crippen molar-refractivity contribution in [3.05, 3.63) is 16.6 Å². The molecular formula is C12H21N3S. The van der Waals surface area contributed by atoms with Gasteiger partial charge >= 0.3 is 0 Å². The topological polar surface area (TPSA) is 28.2 Å². The summed E-state index contributed by atoms with van der Waals surface area (Å²) in [5, 5.41) is 5.60. The van der Waals surface area contributed by atoms with Gasteiger partial charge in [0.15, 0.2) is 0 Å². The molecule has 0 bridgehead atoms. The zero-order valence-electron chi connectivity index (χ0n) is 9.98. The van der Waals surface area contributed by atoms with Crippen LogP contribution in [0, 0.1) is 0 Å². The molecule has 0 aliphatic carbocycles. The molecule has 1 aliphatic rings. The Morgan fingerprint density at radius 2 is 2.31 bits per heavy atom. The fraction of sp³-hybridized carbons (Fsp3) is 0.750. The lowest BCUT2D eigenvalue weighted by molar-refractivity contribution is 0.152. The van der Waals surface area contributed by atoms with E-state index in [1.54, 1.807) is 11.3 Å². The summed E-state index contributed by atoms with van der Waals surface area (Å²) in [5.74, 6) is 0. The molecule has 3 nitrogen and oxygen atoms in total. The van der Waals surface area contributed by atoms with E-state index in [-0.39, 0.29) is 0 Å². The predicted molar refractivity (Wildman–Crippen MR) is 68.7 cm³/mol. The molecule has 1 aliphatic heterocycles. The highest BCUT2D eigenvalue weighted by Gasteiger charge is 2.20. The molecule has 2 rings (SSSR count). The van der Waals surface area contributed by atoms with Crippen molar-refractivity contribution >= 4 is 11.3 Å².